The Kier molecular flexibility index (Phi) is 3.11. The molecule has 4 atom stereocenters. The van der Waals surface area contributed by atoms with E-state index in [0.717, 1.165) is 17.8 Å². The summed E-state index contributed by atoms with van der Waals surface area (Å²) in [5.74, 6) is 2.95. The van der Waals surface area contributed by atoms with Crippen molar-refractivity contribution in [3.8, 4) is 0 Å². The Bertz CT molecular complexity index is 376. The van der Waals surface area contributed by atoms with E-state index in [0.29, 0.717) is 0 Å². The van der Waals surface area contributed by atoms with Gasteiger partial charge in [-0.3, -0.25) is 0 Å². The summed E-state index contributed by atoms with van der Waals surface area (Å²) in [5, 5.41) is 0. The molecule has 0 aliphatic heterocycles. The molecule has 16 heavy (non-hydrogen) atoms. The highest BCUT2D eigenvalue weighted by molar-refractivity contribution is 9.11. The first kappa shape index (κ1) is 11.2. The lowest BCUT2D eigenvalue weighted by Gasteiger charge is -2.24. The minimum absolute atomic E-state index is 0.264. The van der Waals surface area contributed by atoms with Crippen molar-refractivity contribution in [1.29, 1.82) is 0 Å². The van der Waals surface area contributed by atoms with E-state index in [1.165, 1.54) is 40.8 Å². The molecule has 1 aromatic rings. The largest absolute Gasteiger partial charge is 0.323 e. The van der Waals surface area contributed by atoms with E-state index in [1.54, 1.807) is 11.3 Å². The van der Waals surface area contributed by atoms with E-state index in [-0.39, 0.29) is 6.04 Å². The lowest BCUT2D eigenvalue weighted by molar-refractivity contribution is 0.297. The van der Waals surface area contributed by atoms with Gasteiger partial charge in [0.25, 0.3) is 0 Å². The lowest BCUT2D eigenvalue weighted by Crippen LogP contribution is -2.18. The second kappa shape index (κ2) is 4.43. The van der Waals surface area contributed by atoms with Crippen molar-refractivity contribution >= 4 is 27.3 Å². The molecule has 2 N–H and O–H groups in total. The number of nitrogens with two attached hydrogens (primary N) is 1. The number of fused-ring (bicyclic) bond motifs is 2. The van der Waals surface area contributed by atoms with Gasteiger partial charge in [-0.05, 0) is 71.5 Å². The van der Waals surface area contributed by atoms with Gasteiger partial charge in [0.05, 0.1) is 3.79 Å². The van der Waals surface area contributed by atoms with E-state index >= 15 is 0 Å². The topological polar surface area (TPSA) is 26.0 Å². The zero-order chi connectivity index (χ0) is 11.1. The van der Waals surface area contributed by atoms with Crippen LogP contribution < -0.4 is 5.73 Å². The maximum Gasteiger partial charge on any atom is 0.0701 e. The van der Waals surface area contributed by atoms with Crippen LogP contribution in [0.5, 0.6) is 0 Å². The van der Waals surface area contributed by atoms with Crippen molar-refractivity contribution in [3.63, 3.8) is 0 Å². The smallest absolute Gasteiger partial charge is 0.0701 e. The van der Waals surface area contributed by atoms with Crippen molar-refractivity contribution in [2.75, 3.05) is 0 Å². The van der Waals surface area contributed by atoms with Gasteiger partial charge < -0.3 is 5.73 Å². The summed E-state index contributed by atoms with van der Waals surface area (Å²) in [5.41, 5.74) is 6.31. The van der Waals surface area contributed by atoms with Crippen LogP contribution in [0.15, 0.2) is 15.9 Å². The molecular formula is C13H18BrNS. The van der Waals surface area contributed by atoms with Crippen LogP contribution in [0.2, 0.25) is 0 Å². The van der Waals surface area contributed by atoms with Gasteiger partial charge in [-0.1, -0.05) is 6.42 Å². The average Bonchev–Trinajstić information content (AvgIpc) is 2.92. The van der Waals surface area contributed by atoms with Crippen LogP contribution in [0.3, 0.4) is 0 Å². The molecule has 3 rings (SSSR count). The summed E-state index contributed by atoms with van der Waals surface area (Å²) >= 11 is 5.30. The Morgan fingerprint density at radius 3 is 2.81 bits per heavy atom. The maximum atomic E-state index is 6.31. The van der Waals surface area contributed by atoms with E-state index in [2.05, 4.69) is 28.1 Å². The van der Waals surface area contributed by atoms with Gasteiger partial charge >= 0.3 is 0 Å². The lowest BCUT2D eigenvalue weighted by atomic mass is 9.84. The molecule has 0 spiro atoms. The molecule has 0 aromatic carbocycles. The minimum Gasteiger partial charge on any atom is -0.323 e. The van der Waals surface area contributed by atoms with Crippen molar-refractivity contribution in [2.45, 2.75) is 38.1 Å². The SMILES string of the molecule is NC(CC1CC2CCC1C2)c1ccc(Br)s1. The normalized spacial score (nSPS) is 34.5. The number of hydrogen-bond donors (Lipinski definition) is 1. The molecule has 2 saturated carbocycles. The van der Waals surface area contributed by atoms with Gasteiger partial charge in [0.15, 0.2) is 0 Å². The highest BCUT2D eigenvalue weighted by atomic mass is 79.9. The summed E-state index contributed by atoms with van der Waals surface area (Å²) in [7, 11) is 0. The van der Waals surface area contributed by atoms with E-state index in [1.807, 2.05) is 0 Å². The first-order chi connectivity index (χ1) is 7.72. The summed E-state index contributed by atoms with van der Waals surface area (Å²) < 4.78 is 1.20. The van der Waals surface area contributed by atoms with Gasteiger partial charge in [0.1, 0.15) is 0 Å². The van der Waals surface area contributed by atoms with Crippen LogP contribution >= 0.6 is 27.3 Å². The molecule has 2 fully saturated rings. The first-order valence-corrected chi connectivity index (χ1v) is 7.84. The summed E-state index contributed by atoms with van der Waals surface area (Å²) in [6, 6.07) is 4.55. The molecule has 1 heterocycles. The molecule has 3 heteroatoms. The van der Waals surface area contributed by atoms with Gasteiger partial charge in [-0.2, -0.15) is 0 Å². The minimum atomic E-state index is 0.264. The Balaban J connectivity index is 1.62. The summed E-state index contributed by atoms with van der Waals surface area (Å²) in [4.78, 5) is 1.34. The molecule has 2 aliphatic carbocycles. The number of thiophene rings is 1. The van der Waals surface area contributed by atoms with Gasteiger partial charge in [0.2, 0.25) is 0 Å². The van der Waals surface area contributed by atoms with Crippen molar-refractivity contribution in [1.82, 2.24) is 0 Å². The molecule has 1 nitrogen and oxygen atoms in total. The molecule has 0 saturated heterocycles. The van der Waals surface area contributed by atoms with E-state index in [9.17, 15) is 0 Å². The highest BCUT2D eigenvalue weighted by Gasteiger charge is 2.39. The van der Waals surface area contributed by atoms with Crippen LogP contribution in [0.4, 0.5) is 0 Å². The molecule has 0 radical (unpaired) electrons. The predicted octanol–water partition coefficient (Wildman–Crippen LogP) is 4.34. The standard InChI is InChI=1S/C13H18BrNS/c14-13-4-3-12(16-13)11(15)7-10-6-8-1-2-9(10)5-8/h3-4,8-11H,1-2,5-7,15H2. The molecule has 4 unspecified atom stereocenters. The second-order valence-electron chi connectivity index (χ2n) is 5.42. The van der Waals surface area contributed by atoms with Crippen molar-refractivity contribution in [2.24, 2.45) is 23.5 Å². The Hall–Kier alpha value is 0.140. The molecular weight excluding hydrogens is 282 g/mol. The third kappa shape index (κ3) is 2.09. The Morgan fingerprint density at radius 1 is 1.38 bits per heavy atom. The molecule has 0 amide bonds. The van der Waals surface area contributed by atoms with E-state index < -0.39 is 0 Å². The third-order valence-electron chi connectivity index (χ3n) is 4.40. The number of hydrogen-bond acceptors (Lipinski definition) is 2. The first-order valence-electron chi connectivity index (χ1n) is 6.23. The van der Waals surface area contributed by atoms with Gasteiger partial charge in [-0.15, -0.1) is 11.3 Å². The van der Waals surface area contributed by atoms with Crippen LogP contribution in [0.25, 0.3) is 0 Å². The quantitative estimate of drug-likeness (QED) is 0.883. The fourth-order valence-electron chi connectivity index (χ4n) is 3.64. The fourth-order valence-corrected chi connectivity index (χ4v) is 5.07. The maximum absolute atomic E-state index is 6.31. The molecule has 1 aromatic heterocycles. The fraction of sp³-hybridized carbons (Fsp3) is 0.692. The monoisotopic (exact) mass is 299 g/mol. The zero-order valence-electron chi connectivity index (χ0n) is 9.36. The van der Waals surface area contributed by atoms with Crippen LogP contribution in [-0.2, 0) is 0 Å². The molecule has 88 valence electrons. The van der Waals surface area contributed by atoms with Crippen LogP contribution in [0.1, 0.15) is 43.0 Å². The third-order valence-corrected chi connectivity index (χ3v) is 6.16. The Morgan fingerprint density at radius 2 is 2.25 bits per heavy atom. The summed E-state index contributed by atoms with van der Waals surface area (Å²) in [6.07, 6.45) is 7.10. The second-order valence-corrected chi connectivity index (χ2v) is 7.91. The Labute approximate surface area is 110 Å². The van der Waals surface area contributed by atoms with Crippen LogP contribution in [0, 0.1) is 17.8 Å². The van der Waals surface area contributed by atoms with Gasteiger partial charge in [0, 0.05) is 10.9 Å². The molecule has 2 bridgehead atoms. The van der Waals surface area contributed by atoms with E-state index in [4.69, 9.17) is 5.73 Å². The van der Waals surface area contributed by atoms with Crippen LogP contribution in [-0.4, -0.2) is 0 Å². The van der Waals surface area contributed by atoms with Crippen molar-refractivity contribution in [3.05, 3.63) is 20.8 Å². The number of halogens is 1. The zero-order valence-corrected chi connectivity index (χ0v) is 11.8. The highest BCUT2D eigenvalue weighted by Crippen LogP contribution is 2.50. The number of rotatable bonds is 3. The summed E-state index contributed by atoms with van der Waals surface area (Å²) in [6.45, 7) is 0. The van der Waals surface area contributed by atoms with Crippen molar-refractivity contribution < 1.29 is 0 Å². The van der Waals surface area contributed by atoms with Gasteiger partial charge in [-0.25, -0.2) is 0 Å². The average molecular weight is 300 g/mol. The molecule has 2 aliphatic rings. The predicted molar refractivity (Wildman–Crippen MR) is 72.5 cm³/mol.